The number of hydrogen-bond donors (Lipinski definition) is 1. The minimum absolute atomic E-state index is 0.00629. The number of furan rings is 1. The van der Waals surface area contributed by atoms with Crippen LogP contribution in [0.4, 0.5) is 0 Å². The first-order chi connectivity index (χ1) is 10.1. The Morgan fingerprint density at radius 1 is 1.19 bits per heavy atom. The molecular formula is C15H12BrNO4. The van der Waals surface area contributed by atoms with Crippen LogP contribution in [0.3, 0.4) is 0 Å². The van der Waals surface area contributed by atoms with Gasteiger partial charge in [0.15, 0.2) is 4.67 Å². The van der Waals surface area contributed by atoms with Gasteiger partial charge in [-0.05, 0) is 40.2 Å². The molecule has 6 heteroatoms. The number of ether oxygens (including phenoxy) is 1. The molecule has 0 fully saturated rings. The van der Waals surface area contributed by atoms with Crippen LogP contribution < -0.4 is 5.32 Å². The van der Waals surface area contributed by atoms with Crippen LogP contribution in [0.1, 0.15) is 16.1 Å². The number of esters is 1. The standard InChI is InChI=1S/C15H12BrNO4/c1-20-15(19)12(9-11-7-8-13(16)21-11)17-14(18)10-5-3-2-4-6-10/h2-9H,1H3,(H,17,18). The lowest BCUT2D eigenvalue weighted by Gasteiger charge is -2.07. The zero-order valence-corrected chi connectivity index (χ0v) is 12.7. The summed E-state index contributed by atoms with van der Waals surface area (Å²) in [6.07, 6.45) is 1.40. The van der Waals surface area contributed by atoms with Crippen LogP contribution >= 0.6 is 15.9 Å². The lowest BCUT2D eigenvalue weighted by Crippen LogP contribution is -2.27. The molecule has 2 rings (SSSR count). The van der Waals surface area contributed by atoms with Gasteiger partial charge >= 0.3 is 5.97 Å². The van der Waals surface area contributed by atoms with Crippen LogP contribution in [0.15, 0.2) is 57.2 Å². The lowest BCUT2D eigenvalue weighted by molar-refractivity contribution is -0.136. The molecule has 0 spiro atoms. The van der Waals surface area contributed by atoms with Crippen molar-refractivity contribution in [2.45, 2.75) is 0 Å². The van der Waals surface area contributed by atoms with Crippen LogP contribution in [-0.4, -0.2) is 19.0 Å². The summed E-state index contributed by atoms with van der Waals surface area (Å²) in [5.74, 6) is -0.652. The maximum atomic E-state index is 12.1. The summed E-state index contributed by atoms with van der Waals surface area (Å²) >= 11 is 3.16. The van der Waals surface area contributed by atoms with Crippen molar-refractivity contribution >= 4 is 33.9 Å². The van der Waals surface area contributed by atoms with E-state index in [1.807, 2.05) is 0 Å². The van der Waals surface area contributed by atoms with Gasteiger partial charge in [0.2, 0.25) is 0 Å². The molecule has 5 nitrogen and oxygen atoms in total. The van der Waals surface area contributed by atoms with Crippen molar-refractivity contribution in [1.29, 1.82) is 0 Å². The molecule has 0 aliphatic carbocycles. The summed E-state index contributed by atoms with van der Waals surface area (Å²) in [4.78, 5) is 23.8. The number of rotatable bonds is 4. The third-order valence-electron chi connectivity index (χ3n) is 2.57. The molecule has 2 aromatic rings. The normalized spacial score (nSPS) is 11.0. The van der Waals surface area contributed by atoms with Crippen molar-refractivity contribution in [3.8, 4) is 0 Å². The SMILES string of the molecule is COC(=O)C(=Cc1ccc(Br)o1)NC(=O)c1ccccc1. The Bertz CT molecular complexity index is 676. The van der Waals surface area contributed by atoms with Gasteiger partial charge in [-0.25, -0.2) is 4.79 Å². The Morgan fingerprint density at radius 3 is 2.48 bits per heavy atom. The lowest BCUT2D eigenvalue weighted by atomic mass is 10.2. The van der Waals surface area contributed by atoms with E-state index in [0.29, 0.717) is 16.0 Å². The van der Waals surface area contributed by atoms with E-state index >= 15 is 0 Å². The van der Waals surface area contributed by atoms with E-state index in [4.69, 9.17) is 4.42 Å². The maximum Gasteiger partial charge on any atom is 0.354 e. The van der Waals surface area contributed by atoms with E-state index in [1.165, 1.54) is 13.2 Å². The average Bonchev–Trinajstić information content (AvgIpc) is 2.91. The van der Waals surface area contributed by atoms with Gasteiger partial charge < -0.3 is 14.5 Å². The van der Waals surface area contributed by atoms with Gasteiger partial charge in [0.25, 0.3) is 5.91 Å². The molecule has 1 heterocycles. The highest BCUT2D eigenvalue weighted by Gasteiger charge is 2.15. The molecule has 1 aromatic carbocycles. The average molecular weight is 350 g/mol. The highest BCUT2D eigenvalue weighted by Crippen LogP contribution is 2.16. The van der Waals surface area contributed by atoms with Crippen LogP contribution in [0.2, 0.25) is 0 Å². The minimum atomic E-state index is -0.660. The molecule has 1 amide bonds. The van der Waals surface area contributed by atoms with E-state index in [0.717, 1.165) is 0 Å². The Morgan fingerprint density at radius 2 is 1.90 bits per heavy atom. The number of nitrogens with one attached hydrogen (secondary N) is 1. The number of benzene rings is 1. The first kappa shape index (κ1) is 15.1. The molecule has 0 unspecified atom stereocenters. The van der Waals surface area contributed by atoms with Crippen LogP contribution in [0, 0.1) is 0 Å². The predicted octanol–water partition coefficient (Wildman–Crippen LogP) is 2.99. The first-order valence-electron chi connectivity index (χ1n) is 6.02. The van der Waals surface area contributed by atoms with Gasteiger partial charge in [0.05, 0.1) is 7.11 Å². The molecule has 108 valence electrons. The van der Waals surface area contributed by atoms with Crippen molar-refractivity contribution in [3.05, 3.63) is 64.2 Å². The predicted molar refractivity (Wildman–Crippen MR) is 80.3 cm³/mol. The highest BCUT2D eigenvalue weighted by atomic mass is 79.9. The molecule has 0 aliphatic rings. The fourth-order valence-corrected chi connectivity index (χ4v) is 1.91. The number of carbonyl (C=O) groups is 2. The van der Waals surface area contributed by atoms with Gasteiger partial charge in [-0.3, -0.25) is 4.79 Å². The first-order valence-corrected chi connectivity index (χ1v) is 6.81. The second-order valence-corrected chi connectivity index (χ2v) is 4.79. The Kier molecular flexibility index (Phi) is 4.94. The Hall–Kier alpha value is -2.34. The fraction of sp³-hybridized carbons (Fsp3) is 0.0667. The summed E-state index contributed by atoms with van der Waals surface area (Å²) < 4.78 is 10.5. The van der Waals surface area contributed by atoms with Gasteiger partial charge in [-0.1, -0.05) is 18.2 Å². The van der Waals surface area contributed by atoms with Gasteiger partial charge in [0, 0.05) is 11.6 Å². The molecule has 0 bridgehead atoms. The monoisotopic (exact) mass is 349 g/mol. The maximum absolute atomic E-state index is 12.1. The topological polar surface area (TPSA) is 68.5 Å². The molecule has 1 N–H and O–H groups in total. The van der Waals surface area contributed by atoms with Crippen LogP contribution in [-0.2, 0) is 9.53 Å². The Labute approximate surface area is 129 Å². The number of halogens is 1. The van der Waals surface area contributed by atoms with Gasteiger partial charge in [0.1, 0.15) is 11.5 Å². The number of amides is 1. The number of hydrogen-bond acceptors (Lipinski definition) is 4. The van der Waals surface area contributed by atoms with Gasteiger partial charge in [-0.2, -0.15) is 0 Å². The highest BCUT2D eigenvalue weighted by molar-refractivity contribution is 9.10. The molecule has 0 radical (unpaired) electrons. The number of methoxy groups -OCH3 is 1. The molecule has 0 atom stereocenters. The third kappa shape index (κ3) is 4.06. The summed E-state index contributed by atoms with van der Waals surface area (Å²) in [7, 11) is 1.24. The quantitative estimate of drug-likeness (QED) is 0.680. The summed E-state index contributed by atoms with van der Waals surface area (Å²) in [5.41, 5.74) is 0.432. The smallest absolute Gasteiger partial charge is 0.354 e. The van der Waals surface area contributed by atoms with Crippen molar-refractivity contribution in [2.24, 2.45) is 0 Å². The van der Waals surface area contributed by atoms with E-state index in [-0.39, 0.29) is 5.70 Å². The van der Waals surface area contributed by atoms with Gasteiger partial charge in [-0.15, -0.1) is 0 Å². The van der Waals surface area contributed by atoms with E-state index in [1.54, 1.807) is 42.5 Å². The molecule has 21 heavy (non-hydrogen) atoms. The fourth-order valence-electron chi connectivity index (χ4n) is 1.59. The van der Waals surface area contributed by atoms with Crippen molar-refractivity contribution in [1.82, 2.24) is 5.32 Å². The molecular weight excluding hydrogens is 338 g/mol. The zero-order chi connectivity index (χ0) is 15.2. The second-order valence-electron chi connectivity index (χ2n) is 4.01. The van der Waals surface area contributed by atoms with E-state index < -0.39 is 11.9 Å². The number of carbonyl (C=O) groups excluding carboxylic acids is 2. The van der Waals surface area contributed by atoms with Crippen LogP contribution in [0.5, 0.6) is 0 Å². The molecule has 0 saturated heterocycles. The Balaban J connectivity index is 2.23. The molecule has 0 aliphatic heterocycles. The van der Waals surface area contributed by atoms with Crippen molar-refractivity contribution < 1.29 is 18.7 Å². The van der Waals surface area contributed by atoms with Crippen LogP contribution in [0.25, 0.3) is 6.08 Å². The van der Waals surface area contributed by atoms with Crippen molar-refractivity contribution in [3.63, 3.8) is 0 Å². The summed E-state index contributed by atoms with van der Waals surface area (Å²) in [6, 6.07) is 11.9. The largest absolute Gasteiger partial charge is 0.464 e. The molecule has 0 saturated carbocycles. The third-order valence-corrected chi connectivity index (χ3v) is 3.00. The second kappa shape index (κ2) is 6.90. The summed E-state index contributed by atoms with van der Waals surface area (Å²) in [5, 5.41) is 2.51. The zero-order valence-electron chi connectivity index (χ0n) is 11.1. The summed E-state index contributed by atoms with van der Waals surface area (Å²) in [6.45, 7) is 0. The van der Waals surface area contributed by atoms with E-state index in [2.05, 4.69) is 26.0 Å². The minimum Gasteiger partial charge on any atom is -0.464 e. The van der Waals surface area contributed by atoms with E-state index in [9.17, 15) is 9.59 Å². The molecule has 1 aromatic heterocycles. The van der Waals surface area contributed by atoms with Crippen molar-refractivity contribution in [2.75, 3.05) is 7.11 Å².